The molecule has 4 aromatic rings. The fourth-order valence-corrected chi connectivity index (χ4v) is 23.4. The van der Waals surface area contributed by atoms with Crippen LogP contribution in [0.4, 0.5) is 0 Å². The summed E-state index contributed by atoms with van der Waals surface area (Å²) in [6, 6.07) is 45.7. The normalized spacial score (nSPS) is 21.8. The summed E-state index contributed by atoms with van der Waals surface area (Å²) >= 11 is 0. The van der Waals surface area contributed by atoms with Crippen LogP contribution in [0.25, 0.3) is 0 Å². The van der Waals surface area contributed by atoms with E-state index >= 15 is 0 Å². The molecule has 1 atom stereocenters. The molecule has 4 aromatic carbocycles. The molecule has 36 heavy (non-hydrogen) atoms. The Morgan fingerprint density at radius 1 is 0.639 bits per heavy atom. The van der Waals surface area contributed by atoms with Crippen LogP contribution >= 0.6 is 32.4 Å². The van der Waals surface area contributed by atoms with Gasteiger partial charge in [0.2, 0.25) is 0 Å². The molecule has 1 unspecified atom stereocenters. The summed E-state index contributed by atoms with van der Waals surface area (Å²) in [5.74, 6) is -0.619. The zero-order chi connectivity index (χ0) is 24.4. The van der Waals surface area contributed by atoms with Gasteiger partial charge in [0.1, 0.15) is 0 Å². The minimum absolute atomic E-state index is 0. The monoisotopic (exact) mass is 576 g/mol. The third-order valence-electron chi connectivity index (χ3n) is 8.17. The van der Waals surface area contributed by atoms with Gasteiger partial charge in [0.15, 0.2) is 0 Å². The number of halogens is 1. The molecule has 0 spiro atoms. The Labute approximate surface area is 229 Å². The van der Waals surface area contributed by atoms with Gasteiger partial charge in [-0.05, 0) is 0 Å². The molecular formula is C33H38BrPS. The van der Waals surface area contributed by atoms with Crippen molar-refractivity contribution in [3.63, 3.8) is 0 Å². The second-order valence-corrected chi connectivity index (χ2v) is 22.9. The predicted octanol–water partition coefficient (Wildman–Crippen LogP) is 8.59. The van der Waals surface area contributed by atoms with Crippen LogP contribution in [0.5, 0.6) is 0 Å². The molecule has 5 rings (SSSR count). The van der Waals surface area contributed by atoms with E-state index in [4.69, 9.17) is 0 Å². The molecular weight excluding hydrogens is 539 g/mol. The Morgan fingerprint density at radius 3 is 1.39 bits per heavy atom. The Hall–Kier alpha value is -2.12. The quantitative estimate of drug-likeness (QED) is 0.201. The van der Waals surface area contributed by atoms with Gasteiger partial charge in [-0.25, -0.2) is 0 Å². The van der Waals surface area contributed by atoms with Crippen molar-refractivity contribution in [1.29, 1.82) is 0 Å². The Bertz CT molecular complexity index is 1200. The minimum atomic E-state index is -2.96. The van der Waals surface area contributed by atoms with Crippen molar-refractivity contribution in [3.8, 4) is 0 Å². The third kappa shape index (κ3) is 4.22. The van der Waals surface area contributed by atoms with E-state index in [1.807, 2.05) is 0 Å². The molecule has 0 aromatic heterocycles. The molecule has 0 amide bonds. The van der Waals surface area contributed by atoms with Crippen molar-refractivity contribution in [2.24, 2.45) is 5.41 Å². The SMILES string of the molecule is Br.CC1(C)C=CS(Cc2ccccc2)(P(C)(c2ccccc2)(c2ccccc2)c2ccccc2)CC1. The topological polar surface area (TPSA) is 0 Å². The molecule has 0 saturated heterocycles. The van der Waals surface area contributed by atoms with Gasteiger partial charge in [-0.2, -0.15) is 0 Å². The van der Waals surface area contributed by atoms with Crippen LogP contribution in [0.2, 0.25) is 0 Å². The average molecular weight is 578 g/mol. The van der Waals surface area contributed by atoms with Crippen LogP contribution in [-0.4, -0.2) is 12.4 Å². The molecule has 1 heterocycles. The van der Waals surface area contributed by atoms with Crippen LogP contribution < -0.4 is 15.9 Å². The van der Waals surface area contributed by atoms with Gasteiger partial charge >= 0.3 is 214 Å². The molecule has 1 aliphatic heterocycles. The first kappa shape index (κ1) is 26.9. The number of rotatable bonds is 6. The van der Waals surface area contributed by atoms with Crippen molar-refractivity contribution >= 4 is 48.3 Å². The summed E-state index contributed by atoms with van der Waals surface area (Å²) in [5.41, 5.74) is 1.68. The van der Waals surface area contributed by atoms with E-state index in [1.165, 1.54) is 33.7 Å². The van der Waals surface area contributed by atoms with Crippen molar-refractivity contribution < 1.29 is 0 Å². The number of hydrogen-bond acceptors (Lipinski definition) is 0. The third-order valence-corrected chi connectivity index (χ3v) is 25.7. The second-order valence-electron chi connectivity index (χ2n) is 10.7. The van der Waals surface area contributed by atoms with Gasteiger partial charge in [0.05, 0.1) is 0 Å². The summed E-state index contributed by atoms with van der Waals surface area (Å²) in [6.45, 7) is 7.48. The van der Waals surface area contributed by atoms with Gasteiger partial charge in [0, 0.05) is 0 Å². The van der Waals surface area contributed by atoms with Crippen molar-refractivity contribution in [2.75, 3.05) is 12.4 Å². The fourth-order valence-electron chi connectivity index (χ4n) is 5.86. The first-order valence-electron chi connectivity index (χ1n) is 12.6. The van der Waals surface area contributed by atoms with E-state index in [9.17, 15) is 0 Å². The van der Waals surface area contributed by atoms with Gasteiger partial charge in [-0.3, -0.25) is 0 Å². The number of allylic oxidation sites excluding steroid dienone is 1. The number of benzene rings is 4. The van der Waals surface area contributed by atoms with Gasteiger partial charge in [0.25, 0.3) is 0 Å². The average Bonchev–Trinajstić information content (AvgIpc) is 2.92. The molecule has 0 radical (unpaired) electrons. The van der Waals surface area contributed by atoms with Gasteiger partial charge in [-0.1, -0.05) is 0 Å². The molecule has 0 saturated carbocycles. The van der Waals surface area contributed by atoms with Crippen molar-refractivity contribution in [1.82, 2.24) is 0 Å². The van der Waals surface area contributed by atoms with Crippen molar-refractivity contribution in [2.45, 2.75) is 26.0 Å². The van der Waals surface area contributed by atoms with E-state index < -0.39 is 15.5 Å². The maximum atomic E-state index is 2.73. The van der Waals surface area contributed by atoms with E-state index in [1.54, 1.807) is 0 Å². The van der Waals surface area contributed by atoms with Crippen LogP contribution in [0.1, 0.15) is 25.8 Å². The Morgan fingerprint density at radius 2 is 1.03 bits per heavy atom. The van der Waals surface area contributed by atoms with Crippen molar-refractivity contribution in [3.05, 3.63) is 138 Å². The Kier molecular flexibility index (Phi) is 7.73. The predicted molar refractivity (Wildman–Crippen MR) is 172 cm³/mol. The van der Waals surface area contributed by atoms with Crippen LogP contribution in [0.15, 0.2) is 133 Å². The molecule has 1 aliphatic rings. The summed E-state index contributed by atoms with van der Waals surface area (Å²) < 4.78 is 0. The Balaban J connectivity index is 0.00000304. The second kappa shape index (κ2) is 10.3. The molecule has 0 nitrogen and oxygen atoms in total. The van der Waals surface area contributed by atoms with Gasteiger partial charge < -0.3 is 0 Å². The molecule has 188 valence electrons. The molecule has 0 aliphatic carbocycles. The van der Waals surface area contributed by atoms with E-state index in [2.05, 4.69) is 153 Å². The fraction of sp³-hybridized carbons (Fsp3) is 0.212. The summed E-state index contributed by atoms with van der Waals surface area (Å²) in [6.07, 6.45) is 3.78. The maximum absolute atomic E-state index is 2.96. The first-order valence-corrected chi connectivity index (χ1v) is 17.9. The van der Waals surface area contributed by atoms with Crippen LogP contribution in [-0.2, 0) is 5.75 Å². The van der Waals surface area contributed by atoms with Gasteiger partial charge in [-0.15, -0.1) is 17.0 Å². The molecule has 3 heteroatoms. The van der Waals surface area contributed by atoms with E-state index in [-0.39, 0.29) is 22.4 Å². The standard InChI is InChI=1S/C33H37PS.BrH/c1-33(2)24-26-35(27-25-33,28-29-16-8-4-9-17-29)34(3,30-18-10-5-11-19-30,31-20-12-6-13-21-31)32-22-14-7-15-23-32;/h4-24,26H,25,27-28H2,1-3H3;1H. The molecule has 0 fully saturated rings. The molecule has 0 bridgehead atoms. The number of hydrogen-bond donors (Lipinski definition) is 0. The van der Waals surface area contributed by atoms with Crippen LogP contribution in [0, 0.1) is 5.41 Å². The summed E-state index contributed by atoms with van der Waals surface area (Å²) in [4.78, 5) is 0. The summed E-state index contributed by atoms with van der Waals surface area (Å²) in [5, 5.41) is 7.25. The van der Waals surface area contributed by atoms with Crippen LogP contribution in [0.3, 0.4) is 0 Å². The summed E-state index contributed by atoms with van der Waals surface area (Å²) in [7, 11) is -1.33. The van der Waals surface area contributed by atoms with E-state index in [0.717, 1.165) is 5.75 Å². The molecule has 0 N–H and O–H groups in total. The van der Waals surface area contributed by atoms with E-state index in [0.29, 0.717) is 0 Å². The zero-order valence-corrected chi connectivity index (χ0v) is 25.0. The first-order chi connectivity index (χ1) is 16.9. The zero-order valence-electron chi connectivity index (χ0n) is 21.6.